The van der Waals surface area contributed by atoms with Crippen LogP contribution in [0.15, 0.2) is 23.6 Å². The van der Waals surface area contributed by atoms with E-state index in [-0.39, 0.29) is 5.41 Å². The van der Waals surface area contributed by atoms with E-state index in [1.54, 1.807) is 18.6 Å². The molecular weight excluding hydrogens is 212 g/mol. The van der Waals surface area contributed by atoms with Crippen molar-refractivity contribution >= 4 is 6.21 Å². The molecule has 2 N–H and O–H groups in total. The number of nitrogens with two attached hydrogens (primary N) is 1. The Balaban J connectivity index is 2.02. The molecule has 2 aliphatic rings. The van der Waals surface area contributed by atoms with Crippen LogP contribution in [-0.4, -0.2) is 16.2 Å². The normalized spacial score (nSPS) is 30.9. The summed E-state index contributed by atoms with van der Waals surface area (Å²) in [5.74, 6) is 0. The molecule has 2 heterocycles. The molecule has 0 aromatic carbocycles. The SMILES string of the molecule is NC1(c2cnccn2)N=CCC12CCCCC2. The van der Waals surface area contributed by atoms with Crippen molar-refractivity contribution in [3.8, 4) is 0 Å². The molecule has 0 amide bonds. The summed E-state index contributed by atoms with van der Waals surface area (Å²) in [6.45, 7) is 0. The van der Waals surface area contributed by atoms with Gasteiger partial charge in [0, 0.05) is 24.0 Å². The average molecular weight is 230 g/mol. The molecule has 4 nitrogen and oxygen atoms in total. The molecule has 90 valence electrons. The number of hydrogen-bond donors (Lipinski definition) is 1. The van der Waals surface area contributed by atoms with Crippen LogP contribution in [-0.2, 0) is 5.66 Å². The molecule has 1 fully saturated rings. The zero-order chi connectivity index (χ0) is 11.8. The molecule has 0 radical (unpaired) electrons. The Bertz CT molecular complexity index is 422. The highest BCUT2D eigenvalue weighted by atomic mass is 15.1. The van der Waals surface area contributed by atoms with Gasteiger partial charge in [-0.15, -0.1) is 0 Å². The molecule has 1 spiro atoms. The Kier molecular flexibility index (Phi) is 2.47. The summed E-state index contributed by atoms with van der Waals surface area (Å²) in [6.07, 6.45) is 14.2. The molecule has 1 aliphatic heterocycles. The van der Waals surface area contributed by atoms with Gasteiger partial charge in [-0.3, -0.25) is 15.0 Å². The van der Waals surface area contributed by atoms with E-state index in [1.165, 1.54) is 19.3 Å². The fourth-order valence-electron chi connectivity index (χ4n) is 3.30. The van der Waals surface area contributed by atoms with Crippen LogP contribution in [0.4, 0.5) is 0 Å². The number of nitrogens with zero attached hydrogens (tertiary/aromatic N) is 3. The monoisotopic (exact) mass is 230 g/mol. The zero-order valence-corrected chi connectivity index (χ0v) is 9.97. The van der Waals surface area contributed by atoms with Crippen molar-refractivity contribution in [1.29, 1.82) is 0 Å². The molecule has 17 heavy (non-hydrogen) atoms. The minimum absolute atomic E-state index is 0.0846. The van der Waals surface area contributed by atoms with E-state index in [2.05, 4.69) is 15.0 Å². The van der Waals surface area contributed by atoms with Gasteiger partial charge in [-0.05, 0) is 19.3 Å². The maximum Gasteiger partial charge on any atom is 0.157 e. The van der Waals surface area contributed by atoms with Crippen LogP contribution in [0.1, 0.15) is 44.2 Å². The van der Waals surface area contributed by atoms with Crippen molar-refractivity contribution in [2.75, 3.05) is 0 Å². The Morgan fingerprint density at radius 3 is 2.65 bits per heavy atom. The van der Waals surface area contributed by atoms with E-state index in [0.717, 1.165) is 25.0 Å². The highest BCUT2D eigenvalue weighted by Crippen LogP contribution is 2.53. The Labute approximate surface area is 101 Å². The first-order chi connectivity index (χ1) is 8.27. The highest BCUT2D eigenvalue weighted by Gasteiger charge is 2.53. The van der Waals surface area contributed by atoms with Crippen LogP contribution in [0.3, 0.4) is 0 Å². The molecule has 1 aromatic heterocycles. The second-order valence-electron chi connectivity index (χ2n) is 5.21. The molecule has 1 unspecified atom stereocenters. The number of aliphatic imine (C=N–C) groups is 1. The van der Waals surface area contributed by atoms with Gasteiger partial charge in [-0.1, -0.05) is 19.3 Å². The van der Waals surface area contributed by atoms with E-state index in [0.29, 0.717) is 0 Å². The summed E-state index contributed by atoms with van der Waals surface area (Å²) in [5, 5.41) is 0. The molecule has 0 bridgehead atoms. The number of rotatable bonds is 1. The molecular formula is C13H18N4. The van der Waals surface area contributed by atoms with Crippen molar-refractivity contribution < 1.29 is 0 Å². The second kappa shape index (κ2) is 3.88. The first-order valence-corrected chi connectivity index (χ1v) is 6.36. The molecule has 1 aliphatic carbocycles. The summed E-state index contributed by atoms with van der Waals surface area (Å²) >= 11 is 0. The first-order valence-electron chi connectivity index (χ1n) is 6.36. The Morgan fingerprint density at radius 2 is 1.94 bits per heavy atom. The summed E-state index contributed by atoms with van der Waals surface area (Å²) in [4.78, 5) is 13.1. The van der Waals surface area contributed by atoms with Gasteiger partial charge < -0.3 is 5.73 Å². The number of hydrogen-bond acceptors (Lipinski definition) is 4. The van der Waals surface area contributed by atoms with Crippen LogP contribution in [0.2, 0.25) is 0 Å². The molecule has 1 aromatic rings. The third-order valence-corrected chi connectivity index (χ3v) is 4.35. The average Bonchev–Trinajstić information content (AvgIpc) is 2.70. The lowest BCUT2D eigenvalue weighted by Crippen LogP contribution is -2.50. The van der Waals surface area contributed by atoms with Gasteiger partial charge in [0.15, 0.2) is 5.66 Å². The van der Waals surface area contributed by atoms with Crippen molar-refractivity contribution in [1.82, 2.24) is 9.97 Å². The van der Waals surface area contributed by atoms with Gasteiger partial charge in [0.05, 0.1) is 6.20 Å². The van der Waals surface area contributed by atoms with E-state index in [9.17, 15) is 0 Å². The van der Waals surface area contributed by atoms with Gasteiger partial charge in [0.2, 0.25) is 0 Å². The standard InChI is InChI=1S/C13H18N4/c14-13(11-10-15-8-9-16-11)12(6-7-17-13)4-2-1-3-5-12/h7-10H,1-6,14H2. The van der Waals surface area contributed by atoms with Crippen molar-refractivity contribution in [2.45, 2.75) is 44.2 Å². The fraction of sp³-hybridized carbons (Fsp3) is 0.615. The van der Waals surface area contributed by atoms with Crippen LogP contribution < -0.4 is 5.73 Å². The molecule has 0 saturated heterocycles. The van der Waals surface area contributed by atoms with Gasteiger partial charge in [0.1, 0.15) is 5.69 Å². The second-order valence-corrected chi connectivity index (χ2v) is 5.21. The third-order valence-electron chi connectivity index (χ3n) is 4.35. The van der Waals surface area contributed by atoms with Crippen LogP contribution in [0, 0.1) is 5.41 Å². The Morgan fingerprint density at radius 1 is 1.12 bits per heavy atom. The lowest BCUT2D eigenvalue weighted by molar-refractivity contribution is 0.0901. The van der Waals surface area contributed by atoms with Crippen molar-refractivity contribution in [3.63, 3.8) is 0 Å². The maximum absolute atomic E-state index is 6.59. The topological polar surface area (TPSA) is 64.2 Å². The lowest BCUT2D eigenvalue weighted by atomic mass is 9.65. The minimum Gasteiger partial charge on any atom is -0.302 e. The molecule has 1 saturated carbocycles. The lowest BCUT2D eigenvalue weighted by Gasteiger charge is -2.43. The predicted octanol–water partition coefficient (Wildman–Crippen LogP) is 2.01. The summed E-state index contributed by atoms with van der Waals surface area (Å²) in [5.41, 5.74) is 6.84. The van der Waals surface area contributed by atoms with E-state index >= 15 is 0 Å². The first kappa shape index (κ1) is 10.8. The zero-order valence-electron chi connectivity index (χ0n) is 9.97. The smallest absolute Gasteiger partial charge is 0.157 e. The maximum atomic E-state index is 6.59. The van der Waals surface area contributed by atoms with Crippen molar-refractivity contribution in [2.24, 2.45) is 16.1 Å². The fourth-order valence-corrected chi connectivity index (χ4v) is 3.30. The predicted molar refractivity (Wildman–Crippen MR) is 66.5 cm³/mol. The highest BCUT2D eigenvalue weighted by molar-refractivity contribution is 5.64. The molecule has 4 heteroatoms. The van der Waals surface area contributed by atoms with Gasteiger partial charge in [0.25, 0.3) is 0 Å². The summed E-state index contributed by atoms with van der Waals surface area (Å²) in [7, 11) is 0. The third kappa shape index (κ3) is 1.51. The molecule has 3 rings (SSSR count). The van der Waals surface area contributed by atoms with Crippen LogP contribution >= 0.6 is 0 Å². The van der Waals surface area contributed by atoms with E-state index in [1.807, 2.05) is 6.21 Å². The summed E-state index contributed by atoms with van der Waals surface area (Å²) < 4.78 is 0. The largest absolute Gasteiger partial charge is 0.302 e. The van der Waals surface area contributed by atoms with Crippen molar-refractivity contribution in [3.05, 3.63) is 24.3 Å². The van der Waals surface area contributed by atoms with E-state index in [4.69, 9.17) is 5.73 Å². The van der Waals surface area contributed by atoms with Gasteiger partial charge in [-0.2, -0.15) is 0 Å². The van der Waals surface area contributed by atoms with Crippen LogP contribution in [0.25, 0.3) is 0 Å². The van der Waals surface area contributed by atoms with Crippen LogP contribution in [0.5, 0.6) is 0 Å². The Hall–Kier alpha value is -1.29. The van der Waals surface area contributed by atoms with E-state index < -0.39 is 5.66 Å². The van der Waals surface area contributed by atoms with Gasteiger partial charge in [-0.25, -0.2) is 0 Å². The molecule has 1 atom stereocenters. The number of aromatic nitrogens is 2. The van der Waals surface area contributed by atoms with Gasteiger partial charge >= 0.3 is 0 Å². The quantitative estimate of drug-likeness (QED) is 0.802. The summed E-state index contributed by atoms with van der Waals surface area (Å²) in [6, 6.07) is 0. The minimum atomic E-state index is -0.651.